The second-order valence-electron chi connectivity index (χ2n) is 4.83. The van der Waals surface area contributed by atoms with Crippen LogP contribution in [0.25, 0.3) is 11.0 Å². The van der Waals surface area contributed by atoms with Gasteiger partial charge in [-0.1, -0.05) is 12.1 Å². The van der Waals surface area contributed by atoms with E-state index >= 15 is 0 Å². The molecule has 1 aliphatic heterocycles. The van der Waals surface area contributed by atoms with Crippen molar-refractivity contribution in [3.8, 4) is 0 Å². The molecule has 0 aliphatic carbocycles. The first-order chi connectivity index (χ1) is 8.83. The van der Waals surface area contributed by atoms with Crippen LogP contribution in [0.1, 0.15) is 6.42 Å². The van der Waals surface area contributed by atoms with Crippen molar-refractivity contribution in [3.05, 3.63) is 30.5 Å². The van der Waals surface area contributed by atoms with Crippen LogP contribution < -0.4 is 4.90 Å². The summed E-state index contributed by atoms with van der Waals surface area (Å²) in [5.41, 5.74) is 1.89. The normalized spacial score (nSPS) is 19.3. The lowest BCUT2D eigenvalue weighted by molar-refractivity contribution is 0.186. The molecule has 94 valence electrons. The van der Waals surface area contributed by atoms with Gasteiger partial charge in [-0.2, -0.15) is 0 Å². The summed E-state index contributed by atoms with van der Waals surface area (Å²) >= 11 is 0. The SMILES string of the molecule is CN(CC1CCOC1)c1cnc2ccccc2n1. The third-order valence-corrected chi connectivity index (χ3v) is 3.38. The Morgan fingerprint density at radius 3 is 2.94 bits per heavy atom. The molecule has 1 unspecified atom stereocenters. The van der Waals surface area contributed by atoms with Gasteiger partial charge >= 0.3 is 0 Å². The summed E-state index contributed by atoms with van der Waals surface area (Å²) in [4.78, 5) is 11.2. The van der Waals surface area contributed by atoms with Gasteiger partial charge in [0.15, 0.2) is 0 Å². The molecule has 1 aliphatic rings. The third kappa shape index (κ3) is 2.29. The van der Waals surface area contributed by atoms with Gasteiger partial charge in [0, 0.05) is 26.1 Å². The molecule has 1 saturated heterocycles. The van der Waals surface area contributed by atoms with Crippen molar-refractivity contribution in [2.24, 2.45) is 5.92 Å². The summed E-state index contributed by atoms with van der Waals surface area (Å²) in [5.74, 6) is 1.55. The molecule has 2 heterocycles. The highest BCUT2D eigenvalue weighted by atomic mass is 16.5. The largest absolute Gasteiger partial charge is 0.381 e. The number of hydrogen-bond acceptors (Lipinski definition) is 4. The zero-order valence-corrected chi connectivity index (χ0v) is 10.5. The number of anilines is 1. The molecule has 1 aromatic heterocycles. The van der Waals surface area contributed by atoms with Crippen LogP contribution in [-0.4, -0.2) is 36.8 Å². The lowest BCUT2D eigenvalue weighted by Gasteiger charge is -2.21. The van der Waals surface area contributed by atoms with Gasteiger partial charge in [-0.25, -0.2) is 4.98 Å². The van der Waals surface area contributed by atoms with Crippen LogP contribution in [0.15, 0.2) is 30.5 Å². The molecule has 4 heteroatoms. The fraction of sp³-hybridized carbons (Fsp3) is 0.429. The van der Waals surface area contributed by atoms with Crippen LogP contribution in [0.4, 0.5) is 5.82 Å². The Bertz CT molecular complexity index is 537. The van der Waals surface area contributed by atoms with Crippen molar-refractivity contribution >= 4 is 16.9 Å². The summed E-state index contributed by atoms with van der Waals surface area (Å²) in [6.07, 6.45) is 2.99. The molecular weight excluding hydrogens is 226 g/mol. The highest BCUT2D eigenvalue weighted by molar-refractivity contribution is 5.75. The highest BCUT2D eigenvalue weighted by Gasteiger charge is 2.18. The van der Waals surface area contributed by atoms with Crippen molar-refractivity contribution in [3.63, 3.8) is 0 Å². The minimum Gasteiger partial charge on any atom is -0.381 e. The molecule has 0 amide bonds. The molecule has 0 bridgehead atoms. The molecule has 1 fully saturated rings. The number of para-hydroxylation sites is 2. The first-order valence-electron chi connectivity index (χ1n) is 6.33. The summed E-state index contributed by atoms with van der Waals surface area (Å²) in [6, 6.07) is 7.96. The first-order valence-corrected chi connectivity index (χ1v) is 6.33. The average molecular weight is 243 g/mol. The fourth-order valence-corrected chi connectivity index (χ4v) is 2.34. The zero-order chi connectivity index (χ0) is 12.4. The van der Waals surface area contributed by atoms with Crippen molar-refractivity contribution in [1.29, 1.82) is 0 Å². The lowest BCUT2D eigenvalue weighted by Crippen LogP contribution is -2.26. The Hall–Kier alpha value is -1.68. The van der Waals surface area contributed by atoms with E-state index in [-0.39, 0.29) is 0 Å². The van der Waals surface area contributed by atoms with E-state index in [0.717, 1.165) is 43.0 Å². The zero-order valence-electron chi connectivity index (χ0n) is 10.5. The van der Waals surface area contributed by atoms with Gasteiger partial charge in [0.2, 0.25) is 0 Å². The topological polar surface area (TPSA) is 38.2 Å². The Kier molecular flexibility index (Phi) is 3.11. The molecule has 18 heavy (non-hydrogen) atoms. The van der Waals surface area contributed by atoms with Gasteiger partial charge in [0.1, 0.15) is 5.82 Å². The maximum Gasteiger partial charge on any atom is 0.147 e. The van der Waals surface area contributed by atoms with Crippen molar-refractivity contribution in [2.45, 2.75) is 6.42 Å². The number of rotatable bonds is 3. The van der Waals surface area contributed by atoms with E-state index < -0.39 is 0 Å². The third-order valence-electron chi connectivity index (χ3n) is 3.38. The fourth-order valence-electron chi connectivity index (χ4n) is 2.34. The summed E-state index contributed by atoms with van der Waals surface area (Å²) in [5, 5.41) is 0. The van der Waals surface area contributed by atoms with Gasteiger partial charge < -0.3 is 9.64 Å². The first kappa shape index (κ1) is 11.4. The van der Waals surface area contributed by atoms with Crippen molar-refractivity contribution in [2.75, 3.05) is 31.7 Å². The van der Waals surface area contributed by atoms with Crippen LogP contribution in [-0.2, 0) is 4.74 Å². The number of ether oxygens (including phenoxy) is 1. The minimum atomic E-state index is 0.614. The number of benzene rings is 1. The molecule has 0 N–H and O–H groups in total. The highest BCUT2D eigenvalue weighted by Crippen LogP contribution is 2.18. The molecule has 0 saturated carbocycles. The Labute approximate surface area is 107 Å². The maximum absolute atomic E-state index is 5.40. The monoisotopic (exact) mass is 243 g/mol. The Morgan fingerprint density at radius 1 is 1.33 bits per heavy atom. The number of fused-ring (bicyclic) bond motifs is 1. The smallest absolute Gasteiger partial charge is 0.147 e. The quantitative estimate of drug-likeness (QED) is 0.827. The summed E-state index contributed by atoms with van der Waals surface area (Å²) in [7, 11) is 2.07. The second-order valence-corrected chi connectivity index (χ2v) is 4.83. The standard InChI is InChI=1S/C14H17N3O/c1-17(9-11-6-7-18-10-11)14-8-15-12-4-2-3-5-13(12)16-14/h2-5,8,11H,6-7,9-10H2,1H3. The van der Waals surface area contributed by atoms with E-state index in [1.807, 2.05) is 30.5 Å². The van der Waals surface area contributed by atoms with Crippen molar-refractivity contribution < 1.29 is 4.74 Å². The number of aromatic nitrogens is 2. The van der Waals surface area contributed by atoms with E-state index in [9.17, 15) is 0 Å². The van der Waals surface area contributed by atoms with E-state index in [2.05, 4.69) is 21.9 Å². The Morgan fingerprint density at radius 2 is 2.17 bits per heavy atom. The van der Waals surface area contributed by atoms with Crippen LogP contribution in [0.2, 0.25) is 0 Å². The molecule has 0 spiro atoms. The van der Waals surface area contributed by atoms with Crippen molar-refractivity contribution in [1.82, 2.24) is 9.97 Å². The summed E-state index contributed by atoms with van der Waals surface area (Å²) < 4.78 is 5.40. The molecule has 4 nitrogen and oxygen atoms in total. The second kappa shape index (κ2) is 4.90. The molecule has 3 rings (SSSR count). The predicted molar refractivity (Wildman–Crippen MR) is 71.7 cm³/mol. The number of hydrogen-bond donors (Lipinski definition) is 0. The van der Waals surface area contributed by atoms with E-state index in [4.69, 9.17) is 4.74 Å². The van der Waals surface area contributed by atoms with Gasteiger partial charge in [0.05, 0.1) is 23.8 Å². The van der Waals surface area contributed by atoms with E-state index in [1.165, 1.54) is 0 Å². The lowest BCUT2D eigenvalue weighted by atomic mass is 10.1. The van der Waals surface area contributed by atoms with Gasteiger partial charge in [-0.05, 0) is 18.6 Å². The van der Waals surface area contributed by atoms with Crippen LogP contribution in [0.5, 0.6) is 0 Å². The van der Waals surface area contributed by atoms with Crippen LogP contribution in [0, 0.1) is 5.92 Å². The van der Waals surface area contributed by atoms with Gasteiger partial charge in [0.25, 0.3) is 0 Å². The number of nitrogens with zero attached hydrogens (tertiary/aromatic N) is 3. The molecule has 0 radical (unpaired) electrons. The molecule has 1 aromatic carbocycles. The molecular formula is C14H17N3O. The average Bonchev–Trinajstić information content (AvgIpc) is 2.91. The van der Waals surface area contributed by atoms with Gasteiger partial charge in [-0.15, -0.1) is 0 Å². The Balaban J connectivity index is 1.80. The summed E-state index contributed by atoms with van der Waals surface area (Å²) in [6.45, 7) is 2.74. The maximum atomic E-state index is 5.40. The molecule has 2 aromatic rings. The van der Waals surface area contributed by atoms with E-state index in [0.29, 0.717) is 5.92 Å². The van der Waals surface area contributed by atoms with Crippen LogP contribution >= 0.6 is 0 Å². The van der Waals surface area contributed by atoms with Crippen LogP contribution in [0.3, 0.4) is 0 Å². The van der Waals surface area contributed by atoms with E-state index in [1.54, 1.807) is 0 Å². The molecule has 1 atom stereocenters. The minimum absolute atomic E-state index is 0.614. The predicted octanol–water partition coefficient (Wildman–Crippen LogP) is 2.10. The van der Waals surface area contributed by atoms with Gasteiger partial charge in [-0.3, -0.25) is 4.98 Å².